The molecule has 0 spiro atoms. The van der Waals surface area contributed by atoms with E-state index in [0.29, 0.717) is 25.4 Å². The van der Waals surface area contributed by atoms with Crippen LogP contribution in [0.25, 0.3) is 0 Å². The molecule has 1 atom stereocenters. The summed E-state index contributed by atoms with van der Waals surface area (Å²) in [6.45, 7) is 3.16. The zero-order valence-electron chi connectivity index (χ0n) is 12.6. The van der Waals surface area contributed by atoms with Gasteiger partial charge in [-0.25, -0.2) is 0 Å². The Balaban J connectivity index is 1.99. The van der Waals surface area contributed by atoms with Crippen LogP contribution in [0.15, 0.2) is 24.3 Å². The van der Waals surface area contributed by atoms with Gasteiger partial charge in [-0.3, -0.25) is 9.59 Å². The van der Waals surface area contributed by atoms with Gasteiger partial charge in [-0.05, 0) is 31.4 Å². The first-order valence-electron chi connectivity index (χ1n) is 7.39. The molecule has 1 heterocycles. The Morgan fingerprint density at radius 2 is 2.05 bits per heavy atom. The number of hydrogen-bond acceptors (Lipinski definition) is 4. The summed E-state index contributed by atoms with van der Waals surface area (Å²) in [5.74, 6) is -1.47. The Labute approximate surface area is 129 Å². The number of aliphatic carboxylic acids is 1. The van der Waals surface area contributed by atoms with Crippen molar-refractivity contribution in [2.45, 2.75) is 38.5 Å². The number of carbonyl (C=O) groups is 2. The molecule has 0 saturated carbocycles. The molecule has 0 aliphatic carbocycles. The number of rotatable bonds is 6. The average Bonchev–Trinajstić information content (AvgIpc) is 2.54. The Bertz CT molecular complexity index is 525. The van der Waals surface area contributed by atoms with E-state index in [4.69, 9.17) is 14.6 Å². The topological polar surface area (TPSA) is 84.9 Å². The standard InChI is InChI=1S/C16H21NO5/c1-11(16(19)20)17-15(18)14-5-3-2-4-12(14)10-22-13-6-8-21-9-7-13/h2-5,11,13H,6-10H2,1H3,(H,17,18)(H,19,20)/t11-/m0/s1. The summed E-state index contributed by atoms with van der Waals surface area (Å²) < 4.78 is 11.1. The Hall–Kier alpha value is -1.92. The van der Waals surface area contributed by atoms with Crippen molar-refractivity contribution in [2.24, 2.45) is 0 Å². The molecular formula is C16H21NO5. The second-order valence-corrected chi connectivity index (χ2v) is 5.31. The predicted octanol–water partition coefficient (Wildman–Crippen LogP) is 1.59. The third-order valence-corrected chi connectivity index (χ3v) is 3.62. The number of ether oxygens (including phenoxy) is 2. The van der Waals surface area contributed by atoms with Crippen molar-refractivity contribution in [2.75, 3.05) is 13.2 Å². The van der Waals surface area contributed by atoms with Crippen LogP contribution in [0.2, 0.25) is 0 Å². The monoisotopic (exact) mass is 307 g/mol. The summed E-state index contributed by atoms with van der Waals surface area (Å²) >= 11 is 0. The van der Waals surface area contributed by atoms with Gasteiger partial charge in [0.05, 0.1) is 12.7 Å². The fourth-order valence-corrected chi connectivity index (χ4v) is 2.25. The molecule has 2 rings (SSSR count). The van der Waals surface area contributed by atoms with Crippen LogP contribution in [-0.2, 0) is 20.9 Å². The van der Waals surface area contributed by atoms with E-state index in [1.165, 1.54) is 6.92 Å². The van der Waals surface area contributed by atoms with E-state index in [9.17, 15) is 9.59 Å². The highest BCUT2D eigenvalue weighted by Crippen LogP contribution is 2.16. The smallest absolute Gasteiger partial charge is 0.325 e. The molecule has 120 valence electrons. The van der Waals surface area contributed by atoms with Gasteiger partial charge in [-0.15, -0.1) is 0 Å². The fraction of sp³-hybridized carbons (Fsp3) is 0.500. The molecular weight excluding hydrogens is 286 g/mol. The maximum absolute atomic E-state index is 12.2. The van der Waals surface area contributed by atoms with Crippen molar-refractivity contribution < 1.29 is 24.2 Å². The van der Waals surface area contributed by atoms with Crippen molar-refractivity contribution in [3.05, 3.63) is 35.4 Å². The van der Waals surface area contributed by atoms with E-state index < -0.39 is 17.9 Å². The molecule has 1 aliphatic rings. The van der Waals surface area contributed by atoms with Crippen molar-refractivity contribution in [1.82, 2.24) is 5.32 Å². The maximum atomic E-state index is 12.2. The number of amides is 1. The molecule has 1 aromatic carbocycles. The fourth-order valence-electron chi connectivity index (χ4n) is 2.25. The first kappa shape index (κ1) is 16.5. The van der Waals surface area contributed by atoms with Crippen LogP contribution >= 0.6 is 0 Å². The summed E-state index contributed by atoms with van der Waals surface area (Å²) in [6, 6.07) is 6.14. The lowest BCUT2D eigenvalue weighted by Gasteiger charge is -2.23. The molecule has 0 bridgehead atoms. The molecule has 6 nitrogen and oxygen atoms in total. The average molecular weight is 307 g/mol. The van der Waals surface area contributed by atoms with Gasteiger partial charge >= 0.3 is 5.97 Å². The molecule has 1 fully saturated rings. The van der Waals surface area contributed by atoms with Crippen molar-refractivity contribution in [3.8, 4) is 0 Å². The van der Waals surface area contributed by atoms with Gasteiger partial charge in [-0.2, -0.15) is 0 Å². The maximum Gasteiger partial charge on any atom is 0.325 e. The van der Waals surface area contributed by atoms with Gasteiger partial charge in [0, 0.05) is 18.8 Å². The van der Waals surface area contributed by atoms with Gasteiger partial charge in [0.1, 0.15) is 6.04 Å². The molecule has 22 heavy (non-hydrogen) atoms. The number of benzene rings is 1. The number of carbonyl (C=O) groups excluding carboxylic acids is 1. The lowest BCUT2D eigenvalue weighted by molar-refractivity contribution is -0.138. The highest BCUT2D eigenvalue weighted by Gasteiger charge is 2.19. The summed E-state index contributed by atoms with van der Waals surface area (Å²) in [6.07, 6.45) is 1.84. The normalized spacial score (nSPS) is 17.0. The molecule has 0 radical (unpaired) electrons. The van der Waals surface area contributed by atoms with Crippen LogP contribution in [0, 0.1) is 0 Å². The molecule has 0 unspecified atom stereocenters. The van der Waals surface area contributed by atoms with E-state index in [2.05, 4.69) is 5.32 Å². The zero-order valence-corrected chi connectivity index (χ0v) is 12.6. The minimum atomic E-state index is -1.07. The summed E-state index contributed by atoms with van der Waals surface area (Å²) in [5.41, 5.74) is 1.20. The molecule has 2 N–H and O–H groups in total. The summed E-state index contributed by atoms with van der Waals surface area (Å²) in [7, 11) is 0. The van der Waals surface area contributed by atoms with E-state index >= 15 is 0 Å². The zero-order chi connectivity index (χ0) is 15.9. The van der Waals surface area contributed by atoms with E-state index in [-0.39, 0.29) is 6.10 Å². The van der Waals surface area contributed by atoms with Gasteiger partial charge in [-0.1, -0.05) is 18.2 Å². The van der Waals surface area contributed by atoms with Crippen molar-refractivity contribution in [1.29, 1.82) is 0 Å². The van der Waals surface area contributed by atoms with E-state index in [1.807, 2.05) is 12.1 Å². The molecule has 1 saturated heterocycles. The SMILES string of the molecule is C[C@H](NC(=O)c1ccccc1COC1CCOCC1)C(=O)O. The lowest BCUT2D eigenvalue weighted by atomic mass is 10.1. The third kappa shape index (κ3) is 4.54. The minimum Gasteiger partial charge on any atom is -0.480 e. The van der Waals surface area contributed by atoms with Gasteiger partial charge in [0.25, 0.3) is 5.91 Å². The number of carboxylic acids is 1. The highest BCUT2D eigenvalue weighted by atomic mass is 16.5. The lowest BCUT2D eigenvalue weighted by Crippen LogP contribution is -2.38. The predicted molar refractivity (Wildman–Crippen MR) is 79.6 cm³/mol. The number of hydrogen-bond donors (Lipinski definition) is 2. The van der Waals surface area contributed by atoms with E-state index in [1.54, 1.807) is 12.1 Å². The van der Waals surface area contributed by atoms with Crippen LogP contribution in [0.3, 0.4) is 0 Å². The van der Waals surface area contributed by atoms with Gasteiger partial charge in [0.2, 0.25) is 0 Å². The molecule has 0 aromatic heterocycles. The van der Waals surface area contributed by atoms with Crippen LogP contribution in [0.4, 0.5) is 0 Å². The number of nitrogens with one attached hydrogen (secondary N) is 1. The molecule has 1 aromatic rings. The van der Waals surface area contributed by atoms with Crippen LogP contribution in [0.1, 0.15) is 35.7 Å². The second-order valence-electron chi connectivity index (χ2n) is 5.31. The first-order valence-corrected chi connectivity index (χ1v) is 7.39. The third-order valence-electron chi connectivity index (χ3n) is 3.62. The van der Waals surface area contributed by atoms with Crippen molar-refractivity contribution in [3.63, 3.8) is 0 Å². The van der Waals surface area contributed by atoms with Gasteiger partial charge < -0.3 is 19.9 Å². The second kappa shape index (κ2) is 7.91. The molecule has 1 amide bonds. The summed E-state index contributed by atoms with van der Waals surface area (Å²) in [5, 5.41) is 11.3. The van der Waals surface area contributed by atoms with Gasteiger partial charge in [0.15, 0.2) is 0 Å². The minimum absolute atomic E-state index is 0.141. The largest absolute Gasteiger partial charge is 0.480 e. The van der Waals surface area contributed by atoms with Crippen molar-refractivity contribution >= 4 is 11.9 Å². The van der Waals surface area contributed by atoms with Crippen LogP contribution in [-0.4, -0.2) is 42.3 Å². The first-order chi connectivity index (χ1) is 10.6. The van der Waals surface area contributed by atoms with E-state index in [0.717, 1.165) is 18.4 Å². The Kier molecular flexibility index (Phi) is 5.91. The summed E-state index contributed by atoms with van der Waals surface area (Å²) in [4.78, 5) is 23.0. The highest BCUT2D eigenvalue weighted by molar-refractivity contribution is 5.97. The van der Waals surface area contributed by atoms with Crippen LogP contribution in [0.5, 0.6) is 0 Å². The molecule has 6 heteroatoms. The molecule has 1 aliphatic heterocycles. The Morgan fingerprint density at radius 1 is 1.36 bits per heavy atom. The van der Waals surface area contributed by atoms with Crippen LogP contribution < -0.4 is 5.32 Å². The quantitative estimate of drug-likeness (QED) is 0.833. The number of carboxylic acid groups (broad SMARTS) is 1. The Morgan fingerprint density at radius 3 is 2.73 bits per heavy atom.